The van der Waals surface area contributed by atoms with Crippen LogP contribution in [0, 0.1) is 5.92 Å². The smallest absolute Gasteiger partial charge is 0.318 e. The SMILES string of the molecule is COc1ncc(Cl)c(N2CCCC(CNC(=O)c3ccco3)C2)n1. The summed E-state index contributed by atoms with van der Waals surface area (Å²) >= 11 is 6.22. The van der Waals surface area contributed by atoms with Crippen LogP contribution in [0.15, 0.2) is 29.0 Å². The Morgan fingerprint density at radius 1 is 1.58 bits per heavy atom. The molecule has 128 valence electrons. The largest absolute Gasteiger partial charge is 0.467 e. The predicted octanol–water partition coefficient (Wildman–Crippen LogP) is 2.38. The molecular formula is C16H19ClN4O3. The van der Waals surface area contributed by atoms with Gasteiger partial charge < -0.3 is 19.4 Å². The molecule has 1 fully saturated rings. The predicted molar refractivity (Wildman–Crippen MR) is 89.6 cm³/mol. The molecule has 1 N–H and O–H groups in total. The zero-order chi connectivity index (χ0) is 16.9. The summed E-state index contributed by atoms with van der Waals surface area (Å²) < 4.78 is 10.2. The Hall–Kier alpha value is -2.28. The fraction of sp³-hybridized carbons (Fsp3) is 0.438. The number of methoxy groups -OCH3 is 1. The first-order valence-corrected chi connectivity index (χ1v) is 8.18. The molecule has 3 rings (SSSR count). The number of aromatic nitrogens is 2. The van der Waals surface area contributed by atoms with E-state index in [1.54, 1.807) is 18.3 Å². The van der Waals surface area contributed by atoms with Gasteiger partial charge in [0.1, 0.15) is 5.02 Å². The summed E-state index contributed by atoms with van der Waals surface area (Å²) in [6.45, 7) is 2.21. The number of carbonyl (C=O) groups is 1. The highest BCUT2D eigenvalue weighted by Crippen LogP contribution is 2.28. The molecule has 1 atom stereocenters. The van der Waals surface area contributed by atoms with Crippen molar-refractivity contribution in [3.8, 4) is 6.01 Å². The lowest BCUT2D eigenvalue weighted by Crippen LogP contribution is -2.41. The third-order valence-corrected chi connectivity index (χ3v) is 4.27. The molecule has 0 spiro atoms. The number of furan rings is 1. The number of rotatable bonds is 5. The Bertz CT molecular complexity index is 693. The van der Waals surface area contributed by atoms with E-state index in [-0.39, 0.29) is 5.91 Å². The van der Waals surface area contributed by atoms with Crippen molar-refractivity contribution < 1.29 is 13.9 Å². The number of nitrogens with zero attached hydrogens (tertiary/aromatic N) is 3. The Kier molecular flexibility index (Phi) is 5.20. The maximum Gasteiger partial charge on any atom is 0.318 e. The number of amides is 1. The summed E-state index contributed by atoms with van der Waals surface area (Å²) in [5.74, 6) is 1.12. The third-order valence-electron chi connectivity index (χ3n) is 4.00. The molecule has 0 aliphatic carbocycles. The van der Waals surface area contributed by atoms with Crippen LogP contribution in [-0.2, 0) is 0 Å². The van der Waals surface area contributed by atoms with Gasteiger partial charge in [-0.15, -0.1) is 0 Å². The van der Waals surface area contributed by atoms with E-state index in [1.807, 2.05) is 0 Å². The topological polar surface area (TPSA) is 80.5 Å². The Morgan fingerprint density at radius 2 is 2.46 bits per heavy atom. The lowest BCUT2D eigenvalue weighted by molar-refractivity contribution is 0.0918. The highest BCUT2D eigenvalue weighted by atomic mass is 35.5. The van der Waals surface area contributed by atoms with Crippen molar-refractivity contribution in [2.24, 2.45) is 5.92 Å². The Balaban J connectivity index is 1.61. The Labute approximate surface area is 145 Å². The minimum Gasteiger partial charge on any atom is -0.467 e. The van der Waals surface area contributed by atoms with E-state index in [9.17, 15) is 4.79 Å². The van der Waals surface area contributed by atoms with Gasteiger partial charge in [-0.2, -0.15) is 4.98 Å². The van der Waals surface area contributed by atoms with Gasteiger partial charge in [0.25, 0.3) is 5.91 Å². The van der Waals surface area contributed by atoms with E-state index >= 15 is 0 Å². The summed E-state index contributed by atoms with van der Waals surface area (Å²) in [6, 6.07) is 3.64. The molecule has 24 heavy (non-hydrogen) atoms. The number of nitrogens with one attached hydrogen (secondary N) is 1. The summed E-state index contributed by atoms with van der Waals surface area (Å²) in [7, 11) is 1.52. The van der Waals surface area contributed by atoms with Crippen LogP contribution < -0.4 is 15.0 Å². The van der Waals surface area contributed by atoms with Crippen molar-refractivity contribution in [2.45, 2.75) is 12.8 Å². The van der Waals surface area contributed by atoms with Crippen molar-refractivity contribution in [2.75, 3.05) is 31.6 Å². The minimum absolute atomic E-state index is 0.195. The monoisotopic (exact) mass is 350 g/mol. The molecular weight excluding hydrogens is 332 g/mol. The molecule has 0 bridgehead atoms. The van der Waals surface area contributed by atoms with Gasteiger partial charge in [-0.1, -0.05) is 11.6 Å². The average Bonchev–Trinajstić information content (AvgIpc) is 3.15. The van der Waals surface area contributed by atoms with Crippen LogP contribution in [0.3, 0.4) is 0 Å². The van der Waals surface area contributed by atoms with E-state index in [4.69, 9.17) is 20.8 Å². The second-order valence-electron chi connectivity index (χ2n) is 5.67. The van der Waals surface area contributed by atoms with Crippen molar-refractivity contribution in [1.29, 1.82) is 0 Å². The van der Waals surface area contributed by atoms with E-state index < -0.39 is 0 Å². The van der Waals surface area contributed by atoms with Gasteiger partial charge >= 0.3 is 6.01 Å². The number of halogens is 1. The van der Waals surface area contributed by atoms with Crippen LogP contribution >= 0.6 is 11.6 Å². The highest BCUT2D eigenvalue weighted by Gasteiger charge is 2.24. The van der Waals surface area contributed by atoms with Gasteiger partial charge in [0.05, 0.1) is 19.6 Å². The lowest BCUT2D eigenvalue weighted by Gasteiger charge is -2.34. The molecule has 0 aromatic carbocycles. The maximum atomic E-state index is 12.0. The molecule has 1 aliphatic heterocycles. The maximum absolute atomic E-state index is 12.0. The van der Waals surface area contributed by atoms with Crippen LogP contribution in [-0.4, -0.2) is 42.6 Å². The van der Waals surface area contributed by atoms with Gasteiger partial charge in [-0.25, -0.2) is 4.98 Å². The summed E-state index contributed by atoms with van der Waals surface area (Å²) in [5, 5.41) is 3.41. The molecule has 1 amide bonds. The average molecular weight is 351 g/mol. The van der Waals surface area contributed by atoms with E-state index in [2.05, 4.69) is 20.2 Å². The fourth-order valence-electron chi connectivity index (χ4n) is 2.82. The number of carbonyl (C=O) groups excluding carboxylic acids is 1. The molecule has 8 heteroatoms. The van der Waals surface area contributed by atoms with Gasteiger partial charge in [0.2, 0.25) is 0 Å². The second-order valence-corrected chi connectivity index (χ2v) is 6.08. The summed E-state index contributed by atoms with van der Waals surface area (Å²) in [6.07, 6.45) is 5.07. The quantitative estimate of drug-likeness (QED) is 0.891. The van der Waals surface area contributed by atoms with Gasteiger partial charge in [0, 0.05) is 19.6 Å². The molecule has 2 aromatic rings. The molecule has 7 nitrogen and oxygen atoms in total. The first-order valence-electron chi connectivity index (χ1n) is 7.80. The first kappa shape index (κ1) is 16.6. The highest BCUT2D eigenvalue weighted by molar-refractivity contribution is 6.32. The van der Waals surface area contributed by atoms with Crippen LogP contribution in [0.2, 0.25) is 5.02 Å². The number of piperidine rings is 1. The molecule has 2 aromatic heterocycles. The van der Waals surface area contributed by atoms with Crippen molar-refractivity contribution in [3.63, 3.8) is 0 Å². The number of ether oxygens (including phenoxy) is 1. The third kappa shape index (κ3) is 3.79. The van der Waals surface area contributed by atoms with Crippen LogP contribution in [0.1, 0.15) is 23.4 Å². The van der Waals surface area contributed by atoms with Crippen LogP contribution in [0.25, 0.3) is 0 Å². The fourth-order valence-corrected chi connectivity index (χ4v) is 3.03. The molecule has 1 saturated heterocycles. The van der Waals surface area contributed by atoms with Crippen LogP contribution in [0.4, 0.5) is 5.82 Å². The zero-order valence-corrected chi connectivity index (χ0v) is 14.1. The summed E-state index contributed by atoms with van der Waals surface area (Å²) in [5.41, 5.74) is 0. The zero-order valence-electron chi connectivity index (χ0n) is 13.4. The standard InChI is InChI=1S/C16H19ClN4O3/c1-23-16-19-9-12(17)14(20-16)21-6-2-4-11(10-21)8-18-15(22)13-5-3-7-24-13/h3,5,7,9,11H,2,4,6,8,10H2,1H3,(H,18,22). The second kappa shape index (κ2) is 7.53. The van der Waals surface area contributed by atoms with Crippen molar-refractivity contribution in [3.05, 3.63) is 35.4 Å². The van der Waals surface area contributed by atoms with Crippen LogP contribution in [0.5, 0.6) is 6.01 Å². The van der Waals surface area contributed by atoms with Crippen molar-refractivity contribution in [1.82, 2.24) is 15.3 Å². The van der Waals surface area contributed by atoms with E-state index in [0.29, 0.717) is 35.1 Å². The molecule has 1 aliphatic rings. The molecule has 0 radical (unpaired) electrons. The first-order chi connectivity index (χ1) is 11.7. The molecule has 0 saturated carbocycles. The number of anilines is 1. The number of hydrogen-bond donors (Lipinski definition) is 1. The van der Waals surface area contributed by atoms with Gasteiger partial charge in [0.15, 0.2) is 11.6 Å². The molecule has 3 heterocycles. The molecule has 1 unspecified atom stereocenters. The van der Waals surface area contributed by atoms with Gasteiger partial charge in [-0.3, -0.25) is 4.79 Å². The van der Waals surface area contributed by atoms with Gasteiger partial charge in [-0.05, 0) is 30.9 Å². The van der Waals surface area contributed by atoms with E-state index in [0.717, 1.165) is 25.9 Å². The van der Waals surface area contributed by atoms with E-state index in [1.165, 1.54) is 13.4 Å². The van der Waals surface area contributed by atoms with Crippen molar-refractivity contribution >= 4 is 23.3 Å². The normalized spacial score (nSPS) is 17.6. The Morgan fingerprint density at radius 3 is 3.21 bits per heavy atom. The minimum atomic E-state index is -0.195. The lowest BCUT2D eigenvalue weighted by atomic mass is 9.98. The number of hydrogen-bond acceptors (Lipinski definition) is 6. The summed E-state index contributed by atoms with van der Waals surface area (Å²) in [4.78, 5) is 22.4.